The van der Waals surface area contributed by atoms with Crippen molar-refractivity contribution in [3.8, 4) is 11.3 Å². The van der Waals surface area contributed by atoms with Gasteiger partial charge >= 0.3 is 0 Å². The second kappa shape index (κ2) is 7.03. The molecule has 5 nitrogen and oxygen atoms in total. The van der Waals surface area contributed by atoms with E-state index in [4.69, 9.17) is 0 Å². The highest BCUT2D eigenvalue weighted by atomic mass is 19.1. The van der Waals surface area contributed by atoms with Gasteiger partial charge in [-0.1, -0.05) is 44.2 Å². The van der Waals surface area contributed by atoms with E-state index < -0.39 is 5.41 Å². The van der Waals surface area contributed by atoms with E-state index in [1.54, 1.807) is 12.1 Å². The molecule has 0 aliphatic heterocycles. The molecule has 0 bridgehead atoms. The fourth-order valence-corrected chi connectivity index (χ4v) is 3.95. The highest BCUT2D eigenvalue weighted by molar-refractivity contribution is 5.87. The summed E-state index contributed by atoms with van der Waals surface area (Å²) in [6, 6.07) is 14.2. The Labute approximate surface area is 161 Å². The maximum Gasteiger partial charge on any atom is 0.252 e. The van der Waals surface area contributed by atoms with Gasteiger partial charge in [-0.05, 0) is 42.0 Å². The number of benzene rings is 2. The Morgan fingerprint density at radius 1 is 1.07 bits per heavy atom. The first-order valence-corrected chi connectivity index (χ1v) is 9.37. The molecule has 28 heavy (non-hydrogen) atoms. The van der Waals surface area contributed by atoms with E-state index in [0.717, 1.165) is 10.9 Å². The summed E-state index contributed by atoms with van der Waals surface area (Å²) in [5.41, 5.74) is 1.35. The fourth-order valence-electron chi connectivity index (χ4n) is 3.95. The standard InChI is InChI=1S/C22H21FN4O/c1-3-22(4-2,21-24-13-25-27-21)17-10-11-19(26-20(17)28)15-9-8-14-6-5-7-18(23)16(14)12-15/h5-13H,3-4H2,1-2H3,(H,26,28)(H,24,25,27). The minimum absolute atomic E-state index is 0.175. The second-order valence-corrected chi connectivity index (χ2v) is 6.91. The van der Waals surface area contributed by atoms with Gasteiger partial charge in [0.05, 0.1) is 5.41 Å². The van der Waals surface area contributed by atoms with Crippen molar-refractivity contribution >= 4 is 10.8 Å². The van der Waals surface area contributed by atoms with Crippen molar-refractivity contribution < 1.29 is 4.39 Å². The molecule has 2 aromatic carbocycles. The van der Waals surface area contributed by atoms with E-state index in [1.165, 1.54) is 12.4 Å². The highest BCUT2D eigenvalue weighted by Crippen LogP contribution is 2.35. The van der Waals surface area contributed by atoms with Crippen LogP contribution in [-0.4, -0.2) is 20.2 Å². The predicted octanol–water partition coefficient (Wildman–Crippen LogP) is 4.56. The zero-order valence-corrected chi connectivity index (χ0v) is 15.8. The van der Waals surface area contributed by atoms with Gasteiger partial charge in [-0.3, -0.25) is 9.89 Å². The number of halogens is 1. The Hall–Kier alpha value is -3.28. The summed E-state index contributed by atoms with van der Waals surface area (Å²) in [6.45, 7) is 4.07. The van der Waals surface area contributed by atoms with Gasteiger partial charge in [0, 0.05) is 16.6 Å². The minimum Gasteiger partial charge on any atom is -0.322 e. The normalized spacial score (nSPS) is 11.8. The van der Waals surface area contributed by atoms with Crippen LogP contribution >= 0.6 is 0 Å². The third kappa shape index (κ3) is 2.81. The molecule has 2 N–H and O–H groups in total. The molecule has 0 amide bonds. The Morgan fingerprint density at radius 3 is 2.57 bits per heavy atom. The fraction of sp³-hybridized carbons (Fsp3) is 0.227. The van der Waals surface area contributed by atoms with Crippen molar-refractivity contribution in [2.45, 2.75) is 32.1 Å². The van der Waals surface area contributed by atoms with Crippen LogP contribution in [0, 0.1) is 5.82 Å². The zero-order valence-electron chi connectivity index (χ0n) is 15.8. The van der Waals surface area contributed by atoms with Gasteiger partial charge in [0.15, 0.2) is 0 Å². The van der Waals surface area contributed by atoms with Crippen molar-refractivity contribution in [1.29, 1.82) is 0 Å². The summed E-state index contributed by atoms with van der Waals surface area (Å²) < 4.78 is 14.1. The largest absolute Gasteiger partial charge is 0.322 e. The van der Waals surface area contributed by atoms with Crippen LogP contribution in [-0.2, 0) is 5.41 Å². The molecule has 4 rings (SSSR count). The van der Waals surface area contributed by atoms with Crippen LogP contribution in [0.2, 0.25) is 0 Å². The van der Waals surface area contributed by atoms with Gasteiger partial charge in [-0.2, -0.15) is 5.10 Å². The first-order chi connectivity index (χ1) is 13.6. The number of nitrogens with one attached hydrogen (secondary N) is 2. The molecule has 0 unspecified atom stereocenters. The van der Waals surface area contributed by atoms with Crippen molar-refractivity contribution in [3.05, 3.63) is 82.4 Å². The molecule has 0 saturated carbocycles. The molecule has 2 heterocycles. The second-order valence-electron chi connectivity index (χ2n) is 6.91. The third-order valence-electron chi connectivity index (χ3n) is 5.64. The van der Waals surface area contributed by atoms with Crippen LogP contribution in [0.4, 0.5) is 4.39 Å². The quantitative estimate of drug-likeness (QED) is 0.536. The smallest absolute Gasteiger partial charge is 0.252 e. The number of hydrogen-bond acceptors (Lipinski definition) is 3. The van der Waals surface area contributed by atoms with Gasteiger partial charge in [0.1, 0.15) is 18.0 Å². The summed E-state index contributed by atoms with van der Waals surface area (Å²) in [6.07, 6.45) is 2.88. The lowest BCUT2D eigenvalue weighted by atomic mass is 9.75. The van der Waals surface area contributed by atoms with Crippen molar-refractivity contribution in [1.82, 2.24) is 20.2 Å². The summed E-state index contributed by atoms with van der Waals surface area (Å²) in [7, 11) is 0. The maximum absolute atomic E-state index is 14.1. The zero-order chi connectivity index (χ0) is 19.7. The summed E-state index contributed by atoms with van der Waals surface area (Å²) in [4.78, 5) is 20.3. The van der Waals surface area contributed by atoms with Gasteiger partial charge < -0.3 is 4.98 Å². The van der Waals surface area contributed by atoms with Crippen LogP contribution in [0.25, 0.3) is 22.0 Å². The maximum atomic E-state index is 14.1. The lowest BCUT2D eigenvalue weighted by molar-refractivity contribution is 0.446. The first-order valence-electron chi connectivity index (χ1n) is 9.37. The molecule has 142 valence electrons. The van der Waals surface area contributed by atoms with Crippen LogP contribution in [0.3, 0.4) is 0 Å². The van der Waals surface area contributed by atoms with Crippen LogP contribution in [0.1, 0.15) is 38.1 Å². The Bertz CT molecular complexity index is 1180. The van der Waals surface area contributed by atoms with Gasteiger partial charge in [-0.25, -0.2) is 9.37 Å². The monoisotopic (exact) mass is 376 g/mol. The highest BCUT2D eigenvalue weighted by Gasteiger charge is 2.36. The average molecular weight is 376 g/mol. The van der Waals surface area contributed by atoms with Crippen molar-refractivity contribution in [2.24, 2.45) is 0 Å². The number of aromatic amines is 2. The number of fused-ring (bicyclic) bond motifs is 1. The van der Waals surface area contributed by atoms with Crippen molar-refractivity contribution in [2.75, 3.05) is 0 Å². The molecule has 0 radical (unpaired) electrons. The molecule has 0 atom stereocenters. The lowest BCUT2D eigenvalue weighted by Gasteiger charge is -2.29. The van der Waals surface area contributed by atoms with Crippen LogP contribution in [0.5, 0.6) is 0 Å². The molecule has 6 heteroatoms. The molecule has 0 aliphatic rings. The number of nitrogens with zero attached hydrogens (tertiary/aromatic N) is 2. The van der Waals surface area contributed by atoms with Crippen LogP contribution in [0.15, 0.2) is 59.7 Å². The Kier molecular flexibility index (Phi) is 4.55. The molecule has 0 aliphatic carbocycles. The van der Waals surface area contributed by atoms with E-state index in [2.05, 4.69) is 20.2 Å². The Balaban J connectivity index is 1.82. The number of hydrogen-bond donors (Lipinski definition) is 2. The Morgan fingerprint density at radius 2 is 1.89 bits per heavy atom. The molecular weight excluding hydrogens is 355 g/mol. The SMILES string of the molecule is CCC(CC)(c1ncn[nH]1)c1ccc(-c2ccc3cccc(F)c3c2)[nH]c1=O. The molecule has 4 aromatic rings. The van der Waals surface area contributed by atoms with E-state index in [1.807, 2.05) is 44.2 Å². The number of H-pyrrole nitrogens is 2. The average Bonchev–Trinajstić information content (AvgIpc) is 3.26. The third-order valence-corrected chi connectivity index (χ3v) is 5.64. The molecule has 0 spiro atoms. The van der Waals surface area contributed by atoms with E-state index >= 15 is 0 Å². The molecule has 0 fully saturated rings. The summed E-state index contributed by atoms with van der Waals surface area (Å²) >= 11 is 0. The van der Waals surface area contributed by atoms with E-state index in [0.29, 0.717) is 35.3 Å². The van der Waals surface area contributed by atoms with Crippen molar-refractivity contribution in [3.63, 3.8) is 0 Å². The molecular formula is C22H21FN4O. The summed E-state index contributed by atoms with van der Waals surface area (Å²) in [5.74, 6) is 0.406. The van der Waals surface area contributed by atoms with E-state index in [-0.39, 0.29) is 11.4 Å². The topological polar surface area (TPSA) is 74.4 Å². The predicted molar refractivity (Wildman–Crippen MR) is 108 cm³/mol. The number of aromatic nitrogens is 4. The van der Waals surface area contributed by atoms with Gasteiger partial charge in [0.25, 0.3) is 5.56 Å². The van der Waals surface area contributed by atoms with E-state index in [9.17, 15) is 9.18 Å². The van der Waals surface area contributed by atoms with Gasteiger partial charge in [0.2, 0.25) is 0 Å². The molecule has 2 aromatic heterocycles. The molecule has 0 saturated heterocycles. The number of rotatable bonds is 5. The minimum atomic E-state index is -0.530. The summed E-state index contributed by atoms with van der Waals surface area (Å²) in [5, 5.41) is 8.23. The first kappa shape index (κ1) is 18.1. The van der Waals surface area contributed by atoms with Gasteiger partial charge in [-0.15, -0.1) is 0 Å². The van der Waals surface area contributed by atoms with Crippen LogP contribution < -0.4 is 5.56 Å². The lowest BCUT2D eigenvalue weighted by Crippen LogP contribution is -2.34. The number of pyridine rings is 1.